The minimum atomic E-state index is -0.389. The number of rotatable bonds is 4. The first-order chi connectivity index (χ1) is 10.9. The summed E-state index contributed by atoms with van der Waals surface area (Å²) in [5, 5.41) is 7.25. The lowest BCUT2D eigenvalue weighted by atomic mass is 10.2. The SMILES string of the molecule is COC(=O)c1cc(C)sc1NC(=S)Nc1ccc(OC)cc1C. The molecule has 1 aromatic heterocycles. The summed E-state index contributed by atoms with van der Waals surface area (Å²) in [6.45, 7) is 3.88. The van der Waals surface area contributed by atoms with Gasteiger partial charge in [-0.2, -0.15) is 0 Å². The number of nitrogens with one attached hydrogen (secondary N) is 2. The van der Waals surface area contributed by atoms with Crippen LogP contribution in [0.2, 0.25) is 0 Å². The van der Waals surface area contributed by atoms with E-state index in [1.165, 1.54) is 18.4 Å². The van der Waals surface area contributed by atoms with Gasteiger partial charge in [0.15, 0.2) is 5.11 Å². The van der Waals surface area contributed by atoms with E-state index in [1.54, 1.807) is 13.2 Å². The monoisotopic (exact) mass is 350 g/mol. The molecule has 0 aliphatic heterocycles. The van der Waals surface area contributed by atoms with Crippen LogP contribution in [0.1, 0.15) is 20.8 Å². The fourth-order valence-corrected chi connectivity index (χ4v) is 3.21. The van der Waals surface area contributed by atoms with Crippen LogP contribution in [0.3, 0.4) is 0 Å². The quantitative estimate of drug-likeness (QED) is 0.643. The molecule has 1 aromatic carbocycles. The Bertz CT molecular complexity index is 741. The van der Waals surface area contributed by atoms with Crippen molar-refractivity contribution < 1.29 is 14.3 Å². The van der Waals surface area contributed by atoms with Crippen molar-refractivity contribution in [2.24, 2.45) is 0 Å². The zero-order valence-corrected chi connectivity index (χ0v) is 15.0. The summed E-state index contributed by atoms with van der Waals surface area (Å²) in [5.74, 6) is 0.397. The third kappa shape index (κ3) is 4.20. The molecule has 0 aliphatic rings. The Labute approximate surface area is 144 Å². The second kappa shape index (κ2) is 7.43. The van der Waals surface area contributed by atoms with E-state index in [0.717, 1.165) is 21.9 Å². The van der Waals surface area contributed by atoms with Crippen molar-refractivity contribution in [2.75, 3.05) is 24.9 Å². The summed E-state index contributed by atoms with van der Waals surface area (Å²) in [6, 6.07) is 7.44. The predicted octanol–water partition coefficient (Wildman–Crippen LogP) is 3.97. The number of ether oxygens (including phenoxy) is 2. The zero-order chi connectivity index (χ0) is 17.0. The molecule has 0 fully saturated rings. The second-order valence-electron chi connectivity index (χ2n) is 4.85. The van der Waals surface area contributed by atoms with Gasteiger partial charge in [-0.25, -0.2) is 4.79 Å². The van der Waals surface area contributed by atoms with Crippen LogP contribution in [0.5, 0.6) is 5.75 Å². The van der Waals surface area contributed by atoms with Crippen LogP contribution >= 0.6 is 23.6 Å². The fourth-order valence-electron chi connectivity index (χ4n) is 2.03. The van der Waals surface area contributed by atoms with Crippen LogP contribution in [0, 0.1) is 13.8 Å². The van der Waals surface area contributed by atoms with Gasteiger partial charge in [-0.15, -0.1) is 11.3 Å². The fraction of sp³-hybridized carbons (Fsp3) is 0.250. The first-order valence-corrected chi connectivity index (χ1v) is 8.08. The number of aryl methyl sites for hydroxylation is 2. The Hall–Kier alpha value is -2.12. The van der Waals surface area contributed by atoms with Gasteiger partial charge in [-0.1, -0.05) is 0 Å². The van der Waals surface area contributed by atoms with Crippen LogP contribution in [0.4, 0.5) is 10.7 Å². The van der Waals surface area contributed by atoms with Crippen molar-refractivity contribution in [3.8, 4) is 5.75 Å². The molecule has 0 saturated heterocycles. The standard InChI is InChI=1S/C16H18N2O3S2/c1-9-7-11(20-3)5-6-13(9)17-16(22)18-14-12(15(19)21-4)8-10(2)23-14/h5-8H,1-4H3,(H2,17,18,22). The molecule has 2 rings (SSSR count). The molecule has 23 heavy (non-hydrogen) atoms. The second-order valence-corrected chi connectivity index (χ2v) is 6.52. The van der Waals surface area contributed by atoms with Crippen molar-refractivity contribution in [2.45, 2.75) is 13.8 Å². The minimum absolute atomic E-state index is 0.389. The van der Waals surface area contributed by atoms with Gasteiger partial charge in [0.25, 0.3) is 0 Å². The van der Waals surface area contributed by atoms with E-state index in [-0.39, 0.29) is 5.97 Å². The maximum Gasteiger partial charge on any atom is 0.340 e. The number of carbonyl (C=O) groups is 1. The Morgan fingerprint density at radius 3 is 2.52 bits per heavy atom. The van der Waals surface area contributed by atoms with Gasteiger partial charge in [0.1, 0.15) is 10.8 Å². The average Bonchev–Trinajstić information content (AvgIpc) is 2.88. The van der Waals surface area contributed by atoms with Gasteiger partial charge in [0.2, 0.25) is 0 Å². The molecule has 0 unspecified atom stereocenters. The third-order valence-corrected chi connectivity index (χ3v) is 4.34. The number of thiophene rings is 1. The number of thiocarbonyl (C=S) groups is 1. The van der Waals surface area contributed by atoms with E-state index in [4.69, 9.17) is 21.7 Å². The number of anilines is 2. The Balaban J connectivity index is 2.13. The number of carbonyl (C=O) groups excluding carboxylic acids is 1. The van der Waals surface area contributed by atoms with Crippen LogP contribution < -0.4 is 15.4 Å². The topological polar surface area (TPSA) is 59.6 Å². The molecule has 0 spiro atoms. The molecular formula is C16H18N2O3S2. The van der Waals surface area contributed by atoms with E-state index >= 15 is 0 Å². The highest BCUT2D eigenvalue weighted by Crippen LogP contribution is 2.28. The molecule has 0 saturated carbocycles. The maximum atomic E-state index is 11.8. The Kier molecular flexibility index (Phi) is 5.57. The van der Waals surface area contributed by atoms with Gasteiger partial charge < -0.3 is 20.1 Å². The summed E-state index contributed by atoms with van der Waals surface area (Å²) in [4.78, 5) is 12.8. The summed E-state index contributed by atoms with van der Waals surface area (Å²) in [6.07, 6.45) is 0. The van der Waals surface area contributed by atoms with Gasteiger partial charge in [0.05, 0.1) is 19.8 Å². The zero-order valence-electron chi connectivity index (χ0n) is 13.4. The van der Waals surface area contributed by atoms with E-state index in [1.807, 2.05) is 32.0 Å². The van der Waals surface area contributed by atoms with Gasteiger partial charge in [-0.05, 0) is 55.9 Å². The molecule has 122 valence electrons. The van der Waals surface area contributed by atoms with Crippen LogP contribution in [0.25, 0.3) is 0 Å². The highest BCUT2D eigenvalue weighted by molar-refractivity contribution is 7.80. The van der Waals surface area contributed by atoms with E-state index < -0.39 is 0 Å². The predicted molar refractivity (Wildman–Crippen MR) is 98.0 cm³/mol. The maximum absolute atomic E-state index is 11.8. The molecule has 1 heterocycles. The van der Waals surface area contributed by atoms with Gasteiger partial charge in [-0.3, -0.25) is 0 Å². The normalized spacial score (nSPS) is 10.1. The lowest BCUT2D eigenvalue weighted by molar-refractivity contribution is 0.0602. The molecule has 0 radical (unpaired) electrons. The lowest BCUT2D eigenvalue weighted by Crippen LogP contribution is -2.20. The van der Waals surface area contributed by atoms with Crippen molar-refractivity contribution in [1.29, 1.82) is 0 Å². The van der Waals surface area contributed by atoms with Crippen molar-refractivity contribution in [1.82, 2.24) is 0 Å². The summed E-state index contributed by atoms with van der Waals surface area (Å²) in [7, 11) is 2.98. The molecule has 0 aliphatic carbocycles. The third-order valence-electron chi connectivity index (χ3n) is 3.17. The average molecular weight is 350 g/mol. The first kappa shape index (κ1) is 17.2. The Morgan fingerprint density at radius 1 is 1.17 bits per heavy atom. The highest BCUT2D eigenvalue weighted by Gasteiger charge is 2.16. The molecular weight excluding hydrogens is 332 g/mol. The number of methoxy groups -OCH3 is 2. The molecule has 0 atom stereocenters. The molecule has 0 bridgehead atoms. The summed E-state index contributed by atoms with van der Waals surface area (Å²) < 4.78 is 9.97. The van der Waals surface area contributed by atoms with E-state index in [2.05, 4.69) is 10.6 Å². The Morgan fingerprint density at radius 2 is 1.91 bits per heavy atom. The lowest BCUT2D eigenvalue weighted by Gasteiger charge is -2.13. The van der Waals surface area contributed by atoms with Crippen molar-refractivity contribution in [3.63, 3.8) is 0 Å². The summed E-state index contributed by atoms with van der Waals surface area (Å²) >= 11 is 6.78. The van der Waals surface area contributed by atoms with Crippen LogP contribution in [-0.4, -0.2) is 25.3 Å². The number of benzene rings is 1. The molecule has 2 N–H and O–H groups in total. The minimum Gasteiger partial charge on any atom is -0.497 e. The van der Waals surface area contributed by atoms with Gasteiger partial charge >= 0.3 is 5.97 Å². The largest absolute Gasteiger partial charge is 0.497 e. The smallest absolute Gasteiger partial charge is 0.340 e. The molecule has 2 aromatic rings. The molecule has 7 heteroatoms. The van der Waals surface area contributed by atoms with E-state index in [9.17, 15) is 4.79 Å². The van der Waals surface area contributed by atoms with Crippen molar-refractivity contribution in [3.05, 3.63) is 40.3 Å². The highest BCUT2D eigenvalue weighted by atomic mass is 32.1. The molecule has 5 nitrogen and oxygen atoms in total. The number of esters is 1. The molecule has 0 amide bonds. The summed E-state index contributed by atoms with van der Waals surface area (Å²) in [5.41, 5.74) is 2.35. The van der Waals surface area contributed by atoms with E-state index in [0.29, 0.717) is 15.7 Å². The number of hydrogen-bond acceptors (Lipinski definition) is 5. The van der Waals surface area contributed by atoms with Crippen molar-refractivity contribution >= 4 is 45.3 Å². The first-order valence-electron chi connectivity index (χ1n) is 6.86. The van der Waals surface area contributed by atoms with Crippen LogP contribution in [-0.2, 0) is 4.74 Å². The van der Waals surface area contributed by atoms with Gasteiger partial charge in [0, 0.05) is 10.6 Å². The number of hydrogen-bond donors (Lipinski definition) is 2. The van der Waals surface area contributed by atoms with Crippen LogP contribution in [0.15, 0.2) is 24.3 Å².